The molecule has 1 aliphatic rings. The van der Waals surface area contributed by atoms with Crippen molar-refractivity contribution in [2.75, 3.05) is 19.6 Å². The Balaban J connectivity index is 2.07. The molecule has 0 aliphatic carbocycles. The molecule has 2 rings (SSSR count). The number of aromatic amines is 1. The molecular weight excluding hydrogens is 216 g/mol. The van der Waals surface area contributed by atoms with Crippen LogP contribution >= 0.6 is 0 Å². The third kappa shape index (κ3) is 2.85. The van der Waals surface area contributed by atoms with Gasteiger partial charge in [-0.05, 0) is 32.4 Å². The van der Waals surface area contributed by atoms with E-state index in [4.69, 9.17) is 0 Å². The third-order valence-corrected chi connectivity index (χ3v) is 3.20. The fourth-order valence-corrected chi connectivity index (χ4v) is 2.23. The highest BCUT2D eigenvalue weighted by Crippen LogP contribution is 2.25. The van der Waals surface area contributed by atoms with E-state index >= 15 is 0 Å². The monoisotopic (exact) mass is 236 g/mol. The quantitative estimate of drug-likeness (QED) is 0.731. The standard InChI is InChI=1S/C12H20N4O/c1-2-5-14-12(17)10-8-15-16-11(10)9-3-6-13-7-4-9/h8-9,13H,2-7H2,1H3,(H,14,17)(H,15,16). The van der Waals surface area contributed by atoms with Crippen molar-refractivity contribution in [3.63, 3.8) is 0 Å². The van der Waals surface area contributed by atoms with Crippen LogP contribution < -0.4 is 10.6 Å². The third-order valence-electron chi connectivity index (χ3n) is 3.20. The molecule has 0 aromatic carbocycles. The Morgan fingerprint density at radius 2 is 2.29 bits per heavy atom. The Labute approximate surface area is 101 Å². The molecule has 0 bridgehead atoms. The summed E-state index contributed by atoms with van der Waals surface area (Å²) in [6.45, 7) is 4.79. The van der Waals surface area contributed by atoms with E-state index in [1.807, 2.05) is 6.92 Å². The van der Waals surface area contributed by atoms with Crippen LogP contribution in [0.1, 0.15) is 48.2 Å². The van der Waals surface area contributed by atoms with Gasteiger partial charge in [-0.1, -0.05) is 6.92 Å². The number of carbonyl (C=O) groups is 1. The summed E-state index contributed by atoms with van der Waals surface area (Å²) in [5, 5.41) is 13.2. The summed E-state index contributed by atoms with van der Waals surface area (Å²) in [7, 11) is 0. The molecule has 2 heterocycles. The molecule has 1 amide bonds. The van der Waals surface area contributed by atoms with Crippen LogP contribution in [0.2, 0.25) is 0 Å². The maximum Gasteiger partial charge on any atom is 0.254 e. The molecule has 1 fully saturated rings. The number of hydrogen-bond donors (Lipinski definition) is 3. The molecule has 1 aromatic rings. The maximum absolute atomic E-state index is 11.9. The molecule has 0 radical (unpaired) electrons. The SMILES string of the molecule is CCCNC(=O)c1cn[nH]c1C1CCNCC1. The van der Waals surface area contributed by atoms with Crippen molar-refractivity contribution < 1.29 is 4.79 Å². The van der Waals surface area contributed by atoms with Gasteiger partial charge in [0.1, 0.15) is 0 Å². The van der Waals surface area contributed by atoms with E-state index in [9.17, 15) is 4.79 Å². The second-order valence-electron chi connectivity index (χ2n) is 4.48. The summed E-state index contributed by atoms with van der Waals surface area (Å²) >= 11 is 0. The molecule has 1 saturated heterocycles. The summed E-state index contributed by atoms with van der Waals surface area (Å²) in [5.41, 5.74) is 1.71. The van der Waals surface area contributed by atoms with Gasteiger partial charge in [-0.25, -0.2) is 0 Å². The number of rotatable bonds is 4. The van der Waals surface area contributed by atoms with Crippen molar-refractivity contribution in [1.29, 1.82) is 0 Å². The minimum atomic E-state index is -0.00543. The fourth-order valence-electron chi connectivity index (χ4n) is 2.23. The zero-order valence-corrected chi connectivity index (χ0v) is 10.3. The van der Waals surface area contributed by atoms with Gasteiger partial charge < -0.3 is 10.6 Å². The Bertz CT molecular complexity index is 368. The Kier molecular flexibility index (Phi) is 4.14. The first-order valence-electron chi connectivity index (χ1n) is 6.35. The molecule has 17 heavy (non-hydrogen) atoms. The summed E-state index contributed by atoms with van der Waals surface area (Å²) in [5.74, 6) is 0.426. The van der Waals surface area contributed by atoms with E-state index in [1.54, 1.807) is 6.20 Å². The van der Waals surface area contributed by atoms with Gasteiger partial charge in [0.25, 0.3) is 5.91 Å². The topological polar surface area (TPSA) is 69.8 Å². The first-order valence-corrected chi connectivity index (χ1v) is 6.35. The molecule has 94 valence electrons. The number of carbonyl (C=O) groups excluding carboxylic acids is 1. The van der Waals surface area contributed by atoms with Crippen molar-refractivity contribution in [2.45, 2.75) is 32.1 Å². The first-order chi connectivity index (χ1) is 8.33. The molecule has 1 aromatic heterocycles. The van der Waals surface area contributed by atoms with Crippen LogP contribution in [0, 0.1) is 0 Å². The maximum atomic E-state index is 11.9. The number of nitrogens with zero attached hydrogens (tertiary/aromatic N) is 1. The van der Waals surface area contributed by atoms with E-state index < -0.39 is 0 Å². The number of piperidine rings is 1. The van der Waals surface area contributed by atoms with E-state index in [1.165, 1.54) is 0 Å². The lowest BCUT2D eigenvalue weighted by Gasteiger charge is -2.22. The van der Waals surface area contributed by atoms with E-state index in [-0.39, 0.29) is 5.91 Å². The zero-order valence-electron chi connectivity index (χ0n) is 10.3. The van der Waals surface area contributed by atoms with E-state index in [0.29, 0.717) is 11.5 Å². The Morgan fingerprint density at radius 3 is 3.00 bits per heavy atom. The highest BCUT2D eigenvalue weighted by Gasteiger charge is 2.22. The molecular formula is C12H20N4O. The number of aromatic nitrogens is 2. The van der Waals surface area contributed by atoms with Crippen LogP contribution in [0.4, 0.5) is 0 Å². The van der Waals surface area contributed by atoms with Gasteiger partial charge in [-0.2, -0.15) is 5.10 Å². The molecule has 0 unspecified atom stereocenters. The van der Waals surface area contributed by atoms with Crippen molar-refractivity contribution >= 4 is 5.91 Å². The van der Waals surface area contributed by atoms with Crippen molar-refractivity contribution in [3.8, 4) is 0 Å². The van der Waals surface area contributed by atoms with Crippen LogP contribution in [0.15, 0.2) is 6.20 Å². The number of H-pyrrole nitrogens is 1. The lowest BCUT2D eigenvalue weighted by Crippen LogP contribution is -2.29. The van der Waals surface area contributed by atoms with Crippen LogP contribution in [0.3, 0.4) is 0 Å². The van der Waals surface area contributed by atoms with Crippen molar-refractivity contribution in [2.24, 2.45) is 0 Å². The highest BCUT2D eigenvalue weighted by atomic mass is 16.1. The van der Waals surface area contributed by atoms with Crippen LogP contribution in [0.25, 0.3) is 0 Å². The minimum Gasteiger partial charge on any atom is -0.352 e. The summed E-state index contributed by atoms with van der Waals surface area (Å²) in [4.78, 5) is 11.9. The lowest BCUT2D eigenvalue weighted by molar-refractivity contribution is 0.0952. The number of nitrogens with one attached hydrogen (secondary N) is 3. The summed E-state index contributed by atoms with van der Waals surface area (Å²) in [6, 6.07) is 0. The molecule has 1 aliphatic heterocycles. The molecule has 5 nitrogen and oxygen atoms in total. The molecule has 3 N–H and O–H groups in total. The normalized spacial score (nSPS) is 17.0. The minimum absolute atomic E-state index is 0.00543. The molecule has 0 atom stereocenters. The van der Waals surface area contributed by atoms with Crippen LogP contribution in [0.5, 0.6) is 0 Å². The van der Waals surface area contributed by atoms with Crippen LogP contribution in [-0.2, 0) is 0 Å². The van der Waals surface area contributed by atoms with Gasteiger partial charge in [0, 0.05) is 12.5 Å². The zero-order chi connectivity index (χ0) is 12.1. The molecule has 0 spiro atoms. The van der Waals surface area contributed by atoms with Gasteiger partial charge in [0.15, 0.2) is 0 Å². The smallest absolute Gasteiger partial charge is 0.254 e. The van der Waals surface area contributed by atoms with E-state index in [2.05, 4.69) is 20.8 Å². The Hall–Kier alpha value is -1.36. The summed E-state index contributed by atoms with van der Waals surface area (Å²) in [6.07, 6.45) is 4.72. The van der Waals surface area contributed by atoms with Gasteiger partial charge in [-0.15, -0.1) is 0 Å². The molecule has 0 saturated carbocycles. The predicted octanol–water partition coefficient (Wildman–Crippen LogP) is 1.02. The predicted molar refractivity (Wildman–Crippen MR) is 66.1 cm³/mol. The van der Waals surface area contributed by atoms with Crippen molar-refractivity contribution in [1.82, 2.24) is 20.8 Å². The van der Waals surface area contributed by atoms with Gasteiger partial charge >= 0.3 is 0 Å². The van der Waals surface area contributed by atoms with Crippen LogP contribution in [-0.4, -0.2) is 35.7 Å². The second-order valence-corrected chi connectivity index (χ2v) is 4.48. The largest absolute Gasteiger partial charge is 0.352 e. The average molecular weight is 236 g/mol. The lowest BCUT2D eigenvalue weighted by atomic mass is 9.92. The average Bonchev–Trinajstić information content (AvgIpc) is 2.86. The Morgan fingerprint density at radius 1 is 1.53 bits per heavy atom. The van der Waals surface area contributed by atoms with Gasteiger partial charge in [0.2, 0.25) is 0 Å². The fraction of sp³-hybridized carbons (Fsp3) is 0.667. The van der Waals surface area contributed by atoms with Gasteiger partial charge in [-0.3, -0.25) is 9.89 Å². The first kappa shape index (κ1) is 12.1. The highest BCUT2D eigenvalue weighted by molar-refractivity contribution is 5.95. The second kappa shape index (κ2) is 5.82. The number of hydrogen-bond acceptors (Lipinski definition) is 3. The van der Waals surface area contributed by atoms with E-state index in [0.717, 1.165) is 44.6 Å². The van der Waals surface area contributed by atoms with Gasteiger partial charge in [0.05, 0.1) is 17.5 Å². The molecule has 5 heteroatoms. The summed E-state index contributed by atoms with van der Waals surface area (Å²) < 4.78 is 0. The number of amides is 1. The van der Waals surface area contributed by atoms with Crippen molar-refractivity contribution in [3.05, 3.63) is 17.5 Å².